The number of aliphatic hydroxyl groups excluding tert-OH is 1. The molecule has 5 nitrogen and oxygen atoms in total. The van der Waals surface area contributed by atoms with Crippen LogP contribution in [0.2, 0.25) is 0 Å². The molecule has 0 spiro atoms. The van der Waals surface area contributed by atoms with E-state index in [1.54, 1.807) is 0 Å². The zero-order valence-corrected chi connectivity index (χ0v) is 7.89. The van der Waals surface area contributed by atoms with Gasteiger partial charge in [-0.2, -0.15) is 0 Å². The highest BCUT2D eigenvalue weighted by molar-refractivity contribution is 5.42. The lowest BCUT2D eigenvalue weighted by molar-refractivity contribution is -0.385. The summed E-state index contributed by atoms with van der Waals surface area (Å²) in [5, 5.41) is 19.3. The SMILES string of the molecule is N[C@@H](CCO)c1cc(F)ccc1[N+](=O)[O-]. The number of aliphatic hydroxyl groups is 1. The summed E-state index contributed by atoms with van der Waals surface area (Å²) >= 11 is 0. The number of halogens is 1. The summed E-state index contributed by atoms with van der Waals surface area (Å²) in [6.45, 7) is -0.200. The highest BCUT2D eigenvalue weighted by Crippen LogP contribution is 2.26. The van der Waals surface area contributed by atoms with E-state index in [1.807, 2.05) is 0 Å². The maximum absolute atomic E-state index is 12.9. The second kappa shape index (κ2) is 4.81. The number of benzene rings is 1. The zero-order valence-electron chi connectivity index (χ0n) is 7.89. The van der Waals surface area contributed by atoms with Crippen LogP contribution >= 0.6 is 0 Å². The van der Waals surface area contributed by atoms with Crippen molar-refractivity contribution in [2.45, 2.75) is 12.5 Å². The molecule has 15 heavy (non-hydrogen) atoms. The van der Waals surface area contributed by atoms with Crippen LogP contribution in [-0.4, -0.2) is 16.6 Å². The smallest absolute Gasteiger partial charge is 0.274 e. The minimum Gasteiger partial charge on any atom is -0.396 e. The molecule has 0 fully saturated rings. The molecule has 0 saturated heterocycles. The molecule has 0 aliphatic carbocycles. The molecule has 1 rings (SSSR count). The molecule has 1 atom stereocenters. The van der Waals surface area contributed by atoms with Crippen molar-refractivity contribution >= 4 is 5.69 Å². The molecule has 0 amide bonds. The van der Waals surface area contributed by atoms with Crippen LogP contribution in [0.15, 0.2) is 18.2 Å². The molecule has 1 aromatic rings. The van der Waals surface area contributed by atoms with Gasteiger partial charge in [0.05, 0.1) is 4.92 Å². The standard InChI is InChI=1S/C9H11FN2O3/c10-6-1-2-9(12(14)15)7(5-6)8(11)3-4-13/h1-2,5,8,13H,3-4,11H2/t8-/m0/s1. The van der Waals surface area contributed by atoms with Crippen molar-refractivity contribution in [2.24, 2.45) is 5.73 Å². The van der Waals surface area contributed by atoms with Crippen LogP contribution in [0.1, 0.15) is 18.0 Å². The van der Waals surface area contributed by atoms with Gasteiger partial charge >= 0.3 is 0 Å². The van der Waals surface area contributed by atoms with Crippen LogP contribution in [0.3, 0.4) is 0 Å². The average molecular weight is 214 g/mol. The van der Waals surface area contributed by atoms with E-state index in [2.05, 4.69) is 0 Å². The Kier molecular flexibility index (Phi) is 3.70. The van der Waals surface area contributed by atoms with Crippen LogP contribution in [0.5, 0.6) is 0 Å². The van der Waals surface area contributed by atoms with Gasteiger partial charge in [-0.15, -0.1) is 0 Å². The summed E-state index contributed by atoms with van der Waals surface area (Å²) in [4.78, 5) is 9.99. The predicted molar refractivity (Wildman–Crippen MR) is 51.7 cm³/mol. The Balaban J connectivity index is 3.12. The van der Waals surface area contributed by atoms with Crippen molar-refractivity contribution < 1.29 is 14.4 Å². The number of nitro benzene ring substituents is 1. The number of rotatable bonds is 4. The van der Waals surface area contributed by atoms with E-state index in [0.29, 0.717) is 0 Å². The summed E-state index contributed by atoms with van der Waals surface area (Å²) in [5.74, 6) is -0.580. The number of nitro groups is 1. The normalized spacial score (nSPS) is 12.5. The van der Waals surface area contributed by atoms with Crippen LogP contribution in [0.25, 0.3) is 0 Å². The molecule has 0 radical (unpaired) electrons. The largest absolute Gasteiger partial charge is 0.396 e. The quantitative estimate of drug-likeness (QED) is 0.580. The minimum atomic E-state index is -0.730. The van der Waals surface area contributed by atoms with E-state index in [4.69, 9.17) is 10.8 Å². The molecule has 6 heteroatoms. The first-order chi connectivity index (χ1) is 7.06. The molecule has 1 aromatic carbocycles. The molecular weight excluding hydrogens is 203 g/mol. The van der Waals surface area contributed by atoms with Gasteiger partial charge in [0.15, 0.2) is 0 Å². The summed E-state index contributed by atoms with van der Waals surface area (Å²) in [5.41, 5.74) is 5.46. The highest BCUT2D eigenvalue weighted by Gasteiger charge is 2.19. The fourth-order valence-corrected chi connectivity index (χ4v) is 1.28. The van der Waals surface area contributed by atoms with Crippen molar-refractivity contribution in [3.05, 3.63) is 39.7 Å². The van der Waals surface area contributed by atoms with Gasteiger partial charge in [-0.3, -0.25) is 10.1 Å². The Hall–Kier alpha value is -1.53. The molecule has 82 valence electrons. The molecule has 0 saturated carbocycles. The molecule has 0 bridgehead atoms. The van der Waals surface area contributed by atoms with Gasteiger partial charge < -0.3 is 10.8 Å². The van der Waals surface area contributed by atoms with Crippen molar-refractivity contribution in [1.29, 1.82) is 0 Å². The van der Waals surface area contributed by atoms with Gasteiger partial charge in [0.2, 0.25) is 0 Å². The van der Waals surface area contributed by atoms with Gasteiger partial charge in [0.1, 0.15) is 5.82 Å². The van der Waals surface area contributed by atoms with E-state index in [-0.39, 0.29) is 24.3 Å². The topological polar surface area (TPSA) is 89.4 Å². The molecule has 3 N–H and O–H groups in total. The van der Waals surface area contributed by atoms with Gasteiger partial charge in [-0.25, -0.2) is 4.39 Å². The zero-order chi connectivity index (χ0) is 11.4. The van der Waals surface area contributed by atoms with E-state index in [9.17, 15) is 14.5 Å². The average Bonchev–Trinajstić information content (AvgIpc) is 2.17. The number of nitrogens with two attached hydrogens (primary N) is 1. The first-order valence-electron chi connectivity index (χ1n) is 4.36. The Morgan fingerprint density at radius 2 is 2.27 bits per heavy atom. The lowest BCUT2D eigenvalue weighted by Crippen LogP contribution is -2.14. The number of nitrogens with zero attached hydrogens (tertiary/aromatic N) is 1. The third kappa shape index (κ3) is 2.71. The Bertz CT molecular complexity index is 370. The molecule has 0 aromatic heterocycles. The van der Waals surface area contributed by atoms with Crippen molar-refractivity contribution in [3.8, 4) is 0 Å². The molecule has 0 aliphatic rings. The lowest BCUT2D eigenvalue weighted by Gasteiger charge is -2.10. The van der Waals surface area contributed by atoms with Crippen molar-refractivity contribution in [3.63, 3.8) is 0 Å². The van der Waals surface area contributed by atoms with E-state index in [0.717, 1.165) is 18.2 Å². The predicted octanol–water partition coefficient (Wildman–Crippen LogP) is 1.12. The summed E-state index contributed by atoms with van der Waals surface area (Å²) in [6.07, 6.45) is 0.157. The second-order valence-corrected chi connectivity index (χ2v) is 3.08. The maximum Gasteiger partial charge on any atom is 0.274 e. The monoisotopic (exact) mass is 214 g/mol. The third-order valence-electron chi connectivity index (χ3n) is 2.03. The molecular formula is C9H11FN2O3. The van der Waals surface area contributed by atoms with Crippen LogP contribution < -0.4 is 5.73 Å². The highest BCUT2D eigenvalue weighted by atomic mass is 19.1. The van der Waals surface area contributed by atoms with E-state index < -0.39 is 16.8 Å². The first-order valence-corrected chi connectivity index (χ1v) is 4.36. The summed E-state index contributed by atoms with van der Waals surface area (Å²) in [7, 11) is 0. The fraction of sp³-hybridized carbons (Fsp3) is 0.333. The Labute approximate surface area is 85.5 Å². The number of hydrogen-bond donors (Lipinski definition) is 2. The van der Waals surface area contributed by atoms with Crippen LogP contribution in [0.4, 0.5) is 10.1 Å². The van der Waals surface area contributed by atoms with Gasteiger partial charge in [0, 0.05) is 24.3 Å². The molecule has 0 heterocycles. The lowest BCUT2D eigenvalue weighted by atomic mass is 10.0. The summed E-state index contributed by atoms with van der Waals surface area (Å²) in [6, 6.07) is 2.37. The Morgan fingerprint density at radius 3 is 2.80 bits per heavy atom. The van der Waals surface area contributed by atoms with Gasteiger partial charge in [-0.05, 0) is 18.6 Å². The number of hydrogen-bond acceptors (Lipinski definition) is 4. The maximum atomic E-state index is 12.9. The second-order valence-electron chi connectivity index (χ2n) is 3.08. The van der Waals surface area contributed by atoms with Crippen molar-refractivity contribution in [1.82, 2.24) is 0 Å². The Morgan fingerprint density at radius 1 is 1.60 bits per heavy atom. The van der Waals surface area contributed by atoms with Gasteiger partial charge in [0.25, 0.3) is 5.69 Å². The van der Waals surface area contributed by atoms with Gasteiger partial charge in [-0.1, -0.05) is 0 Å². The first kappa shape index (κ1) is 11.5. The van der Waals surface area contributed by atoms with E-state index in [1.165, 1.54) is 0 Å². The van der Waals surface area contributed by atoms with Crippen molar-refractivity contribution in [2.75, 3.05) is 6.61 Å². The van der Waals surface area contributed by atoms with Crippen LogP contribution in [-0.2, 0) is 0 Å². The fourth-order valence-electron chi connectivity index (χ4n) is 1.28. The summed E-state index contributed by atoms with van der Waals surface area (Å²) < 4.78 is 12.9. The molecule has 0 aliphatic heterocycles. The van der Waals surface area contributed by atoms with E-state index >= 15 is 0 Å². The molecule has 0 unspecified atom stereocenters. The van der Waals surface area contributed by atoms with Crippen LogP contribution in [0, 0.1) is 15.9 Å². The minimum absolute atomic E-state index is 0.106. The third-order valence-corrected chi connectivity index (χ3v) is 2.03.